The van der Waals surface area contributed by atoms with E-state index in [1.54, 1.807) is 11.0 Å². The van der Waals surface area contributed by atoms with Gasteiger partial charge < -0.3 is 9.64 Å². The Bertz CT molecular complexity index is 1170. The second kappa shape index (κ2) is 9.11. The minimum Gasteiger partial charge on any atom is -0.457 e. The van der Waals surface area contributed by atoms with Gasteiger partial charge in [-0.15, -0.1) is 5.10 Å². The molecule has 0 radical (unpaired) electrons. The first-order valence-corrected chi connectivity index (χ1v) is 11.2. The number of carbonyl (C=O) groups is 2. The zero-order valence-corrected chi connectivity index (χ0v) is 18.6. The Morgan fingerprint density at radius 2 is 1.88 bits per heavy atom. The standard InChI is InChI=1S/C24H26N6O3/c1-17-12-19(3-5-22(17)30-16-25-26-27-30)14-23(31)29-10-8-28(9-11-29)7-6-18-2-4-21-20(13-18)15-33-24(21)32/h2-5,12-13,16H,6-11,14-15H2,1H3. The van der Waals surface area contributed by atoms with E-state index in [0.29, 0.717) is 18.6 Å². The third-order valence-electron chi connectivity index (χ3n) is 6.40. The fraction of sp³-hybridized carbons (Fsp3) is 0.375. The van der Waals surface area contributed by atoms with Crippen molar-refractivity contribution in [2.75, 3.05) is 32.7 Å². The molecule has 9 heteroatoms. The van der Waals surface area contributed by atoms with Gasteiger partial charge in [0.15, 0.2) is 0 Å². The predicted molar refractivity (Wildman–Crippen MR) is 120 cm³/mol. The van der Waals surface area contributed by atoms with E-state index in [2.05, 4.69) is 26.5 Å². The first kappa shape index (κ1) is 21.3. The largest absolute Gasteiger partial charge is 0.457 e. The van der Waals surface area contributed by atoms with Gasteiger partial charge in [0.2, 0.25) is 5.91 Å². The van der Waals surface area contributed by atoms with Crippen molar-refractivity contribution in [3.8, 4) is 5.69 Å². The van der Waals surface area contributed by atoms with Crippen molar-refractivity contribution in [1.29, 1.82) is 0 Å². The van der Waals surface area contributed by atoms with Crippen molar-refractivity contribution in [1.82, 2.24) is 30.0 Å². The number of hydrogen-bond donors (Lipinski definition) is 0. The number of cyclic esters (lactones) is 1. The van der Waals surface area contributed by atoms with Crippen LogP contribution in [0.25, 0.3) is 5.69 Å². The zero-order valence-electron chi connectivity index (χ0n) is 18.6. The Labute approximate surface area is 191 Å². The molecule has 1 aromatic heterocycles. The van der Waals surface area contributed by atoms with Crippen LogP contribution in [0.15, 0.2) is 42.7 Å². The van der Waals surface area contributed by atoms with Crippen molar-refractivity contribution < 1.29 is 14.3 Å². The van der Waals surface area contributed by atoms with E-state index in [4.69, 9.17) is 4.74 Å². The van der Waals surface area contributed by atoms with Crippen molar-refractivity contribution in [3.63, 3.8) is 0 Å². The van der Waals surface area contributed by atoms with Crippen molar-refractivity contribution in [2.24, 2.45) is 0 Å². The van der Waals surface area contributed by atoms with Crippen LogP contribution < -0.4 is 0 Å². The lowest BCUT2D eigenvalue weighted by molar-refractivity contribution is -0.132. The number of hydrogen-bond acceptors (Lipinski definition) is 7. The quantitative estimate of drug-likeness (QED) is 0.531. The molecule has 2 aromatic carbocycles. The molecule has 0 atom stereocenters. The number of aromatic nitrogens is 4. The number of carbonyl (C=O) groups excluding carboxylic acids is 2. The number of rotatable bonds is 6. The SMILES string of the molecule is Cc1cc(CC(=O)N2CCN(CCc3ccc4c(c3)COC4=O)CC2)ccc1-n1cnnn1. The van der Waals surface area contributed by atoms with E-state index < -0.39 is 0 Å². The molecule has 5 rings (SSSR count). The molecule has 3 aromatic rings. The minimum absolute atomic E-state index is 0.160. The third kappa shape index (κ3) is 4.63. The molecule has 170 valence electrons. The average Bonchev–Trinajstić information content (AvgIpc) is 3.48. The van der Waals surface area contributed by atoms with Crippen LogP contribution in [-0.4, -0.2) is 74.6 Å². The number of fused-ring (bicyclic) bond motifs is 1. The summed E-state index contributed by atoms with van der Waals surface area (Å²) in [5.74, 6) is -0.0662. The van der Waals surface area contributed by atoms with Crippen molar-refractivity contribution >= 4 is 11.9 Å². The summed E-state index contributed by atoms with van der Waals surface area (Å²) in [5, 5.41) is 11.3. The average molecular weight is 447 g/mol. The molecule has 2 aliphatic heterocycles. The number of tetrazole rings is 1. The number of esters is 1. The number of amides is 1. The van der Waals surface area contributed by atoms with Gasteiger partial charge in [-0.25, -0.2) is 9.48 Å². The third-order valence-corrected chi connectivity index (χ3v) is 6.40. The highest BCUT2D eigenvalue weighted by atomic mass is 16.5. The smallest absolute Gasteiger partial charge is 0.338 e. The van der Waals surface area contributed by atoms with Gasteiger partial charge in [-0.2, -0.15) is 0 Å². The molecule has 0 bridgehead atoms. The number of piperazine rings is 1. The molecule has 1 amide bonds. The lowest BCUT2D eigenvalue weighted by Crippen LogP contribution is -2.49. The summed E-state index contributed by atoms with van der Waals surface area (Å²) >= 11 is 0. The topological polar surface area (TPSA) is 93.5 Å². The second-order valence-electron chi connectivity index (χ2n) is 8.59. The van der Waals surface area contributed by atoms with Gasteiger partial charge >= 0.3 is 5.97 Å². The van der Waals surface area contributed by atoms with Gasteiger partial charge in [-0.1, -0.05) is 24.3 Å². The molecule has 0 N–H and O–H groups in total. The number of ether oxygens (including phenoxy) is 1. The molecule has 0 spiro atoms. The Kier molecular flexibility index (Phi) is 5.87. The molecule has 3 heterocycles. The monoisotopic (exact) mass is 446 g/mol. The summed E-state index contributed by atoms with van der Waals surface area (Å²) in [6.45, 7) is 6.54. The van der Waals surface area contributed by atoms with Crippen LogP contribution >= 0.6 is 0 Å². The zero-order chi connectivity index (χ0) is 22.8. The number of nitrogens with zero attached hydrogens (tertiary/aromatic N) is 6. The minimum atomic E-state index is -0.226. The molecule has 9 nitrogen and oxygen atoms in total. The number of benzene rings is 2. The van der Waals surface area contributed by atoms with E-state index in [1.165, 1.54) is 5.56 Å². The molecule has 0 unspecified atom stereocenters. The summed E-state index contributed by atoms with van der Waals surface area (Å²) in [6.07, 6.45) is 2.88. The van der Waals surface area contributed by atoms with Crippen LogP contribution in [-0.2, 0) is 29.0 Å². The van der Waals surface area contributed by atoms with E-state index >= 15 is 0 Å². The van der Waals surface area contributed by atoms with Crippen LogP contribution in [0.1, 0.15) is 32.6 Å². The maximum Gasteiger partial charge on any atom is 0.338 e. The van der Waals surface area contributed by atoms with Gasteiger partial charge in [0, 0.05) is 38.3 Å². The molecule has 0 saturated carbocycles. The van der Waals surface area contributed by atoms with Crippen molar-refractivity contribution in [3.05, 3.63) is 70.5 Å². The maximum atomic E-state index is 12.8. The lowest BCUT2D eigenvalue weighted by atomic mass is 10.0. The predicted octanol–water partition coefficient (Wildman–Crippen LogP) is 1.57. The summed E-state index contributed by atoms with van der Waals surface area (Å²) in [5.41, 5.74) is 5.81. The fourth-order valence-electron chi connectivity index (χ4n) is 4.49. The van der Waals surface area contributed by atoms with E-state index in [0.717, 1.165) is 61.5 Å². The molecular weight excluding hydrogens is 420 g/mol. The van der Waals surface area contributed by atoms with Crippen LogP contribution in [0, 0.1) is 6.92 Å². The van der Waals surface area contributed by atoms with Crippen LogP contribution in [0.5, 0.6) is 0 Å². The first-order chi connectivity index (χ1) is 16.1. The second-order valence-corrected chi connectivity index (χ2v) is 8.59. The Morgan fingerprint density at radius 3 is 2.64 bits per heavy atom. The summed E-state index contributed by atoms with van der Waals surface area (Å²) in [7, 11) is 0. The van der Waals surface area contributed by atoms with Crippen LogP contribution in [0.2, 0.25) is 0 Å². The van der Waals surface area contributed by atoms with Gasteiger partial charge in [-0.3, -0.25) is 9.69 Å². The number of aryl methyl sites for hydroxylation is 1. The van der Waals surface area contributed by atoms with Crippen LogP contribution in [0.3, 0.4) is 0 Å². The highest BCUT2D eigenvalue weighted by Crippen LogP contribution is 2.21. The molecule has 1 saturated heterocycles. The highest BCUT2D eigenvalue weighted by Gasteiger charge is 2.23. The normalized spacial score (nSPS) is 16.0. The summed E-state index contributed by atoms with van der Waals surface area (Å²) < 4.78 is 6.70. The van der Waals surface area contributed by atoms with Gasteiger partial charge in [0.05, 0.1) is 17.7 Å². The van der Waals surface area contributed by atoms with E-state index in [9.17, 15) is 9.59 Å². The molecule has 33 heavy (non-hydrogen) atoms. The van der Waals surface area contributed by atoms with Crippen molar-refractivity contribution in [2.45, 2.75) is 26.4 Å². The maximum absolute atomic E-state index is 12.8. The van der Waals surface area contributed by atoms with Crippen LogP contribution in [0.4, 0.5) is 0 Å². The lowest BCUT2D eigenvalue weighted by Gasteiger charge is -2.35. The molecule has 0 aliphatic carbocycles. The molecule has 1 fully saturated rings. The van der Waals surface area contributed by atoms with Gasteiger partial charge in [-0.05, 0) is 52.6 Å². The highest BCUT2D eigenvalue weighted by molar-refractivity contribution is 5.93. The molecule has 2 aliphatic rings. The Hall–Kier alpha value is -3.59. The molecular formula is C24H26N6O3. The summed E-state index contributed by atoms with van der Waals surface area (Å²) in [6, 6.07) is 11.9. The first-order valence-electron chi connectivity index (χ1n) is 11.2. The Balaban J connectivity index is 1.10. The van der Waals surface area contributed by atoms with E-state index in [1.807, 2.05) is 42.2 Å². The van der Waals surface area contributed by atoms with E-state index in [-0.39, 0.29) is 11.9 Å². The van der Waals surface area contributed by atoms with Gasteiger partial charge in [0.1, 0.15) is 12.9 Å². The summed E-state index contributed by atoms with van der Waals surface area (Å²) in [4.78, 5) is 28.8. The van der Waals surface area contributed by atoms with Gasteiger partial charge in [0.25, 0.3) is 0 Å². The Morgan fingerprint density at radius 1 is 1.06 bits per heavy atom. The fourth-order valence-corrected chi connectivity index (χ4v) is 4.49.